The molecule has 1 heterocycles. The van der Waals surface area contributed by atoms with Crippen LogP contribution < -0.4 is 4.74 Å². The molecule has 6 nitrogen and oxygen atoms in total. The van der Waals surface area contributed by atoms with E-state index in [-0.39, 0.29) is 5.97 Å². The normalized spacial score (nSPS) is 10.6. The molecule has 0 aliphatic heterocycles. The minimum absolute atomic E-state index is 0.312. The van der Waals surface area contributed by atoms with Crippen molar-refractivity contribution in [3.8, 4) is 17.1 Å². The highest BCUT2D eigenvalue weighted by molar-refractivity contribution is 7.99. The third-order valence-electron chi connectivity index (χ3n) is 3.94. The minimum atomic E-state index is -0.313. The van der Waals surface area contributed by atoms with Gasteiger partial charge in [0.15, 0.2) is 11.0 Å². The molecule has 0 unspecified atom stereocenters. The molecular weight excluding hydrogens is 362 g/mol. The fourth-order valence-corrected chi connectivity index (χ4v) is 3.38. The minimum Gasteiger partial charge on any atom is -0.497 e. The predicted molar refractivity (Wildman–Crippen MR) is 105 cm³/mol. The van der Waals surface area contributed by atoms with Gasteiger partial charge in [-0.1, -0.05) is 30.0 Å². The number of nitrogens with zero attached hydrogens (tertiary/aromatic N) is 3. The van der Waals surface area contributed by atoms with E-state index in [0.717, 1.165) is 28.8 Å². The number of carbonyl (C=O) groups excluding carboxylic acids is 1. The molecule has 0 spiro atoms. The summed E-state index contributed by atoms with van der Waals surface area (Å²) in [5.74, 6) is 1.91. The van der Waals surface area contributed by atoms with Crippen LogP contribution in [0.4, 0.5) is 0 Å². The largest absolute Gasteiger partial charge is 0.497 e. The smallest absolute Gasteiger partial charge is 0.338 e. The molecule has 7 heteroatoms. The highest BCUT2D eigenvalue weighted by Crippen LogP contribution is 2.25. The van der Waals surface area contributed by atoms with Crippen LogP contribution in [0.2, 0.25) is 0 Å². The monoisotopic (exact) mass is 383 g/mol. The van der Waals surface area contributed by atoms with E-state index in [9.17, 15) is 4.79 Å². The van der Waals surface area contributed by atoms with Crippen LogP contribution in [0, 0.1) is 0 Å². The second kappa shape index (κ2) is 9.23. The lowest BCUT2D eigenvalue weighted by atomic mass is 10.2. The fraction of sp³-hybridized carbons (Fsp3) is 0.250. The van der Waals surface area contributed by atoms with Gasteiger partial charge in [0, 0.05) is 17.9 Å². The summed E-state index contributed by atoms with van der Waals surface area (Å²) in [7, 11) is 1.64. The third-order valence-corrected chi connectivity index (χ3v) is 4.87. The number of hydrogen-bond donors (Lipinski definition) is 0. The fourth-order valence-electron chi connectivity index (χ4n) is 2.56. The molecule has 0 bridgehead atoms. The van der Waals surface area contributed by atoms with Crippen molar-refractivity contribution >= 4 is 17.7 Å². The number of esters is 1. The SMILES string of the molecule is CCn1c(SCCOC(=O)c2ccccc2)nnc1-c1ccc(OC)cc1. The zero-order chi connectivity index (χ0) is 19.1. The maximum Gasteiger partial charge on any atom is 0.338 e. The Bertz CT molecular complexity index is 879. The lowest BCUT2D eigenvalue weighted by Crippen LogP contribution is -2.08. The van der Waals surface area contributed by atoms with Gasteiger partial charge < -0.3 is 14.0 Å². The zero-order valence-corrected chi connectivity index (χ0v) is 16.1. The van der Waals surface area contributed by atoms with Gasteiger partial charge in [-0.05, 0) is 43.3 Å². The Morgan fingerprint density at radius 1 is 1.07 bits per heavy atom. The molecule has 0 radical (unpaired) electrons. The molecule has 0 aliphatic rings. The maximum atomic E-state index is 11.9. The lowest BCUT2D eigenvalue weighted by molar-refractivity contribution is 0.0530. The first-order valence-corrected chi connectivity index (χ1v) is 9.64. The molecule has 0 fully saturated rings. The van der Waals surface area contributed by atoms with Crippen LogP contribution in [0.5, 0.6) is 5.75 Å². The summed E-state index contributed by atoms with van der Waals surface area (Å²) in [6.07, 6.45) is 0. The number of carbonyl (C=O) groups is 1. The molecule has 0 amide bonds. The lowest BCUT2D eigenvalue weighted by Gasteiger charge is -2.08. The van der Waals surface area contributed by atoms with E-state index in [1.807, 2.05) is 47.0 Å². The number of benzene rings is 2. The average Bonchev–Trinajstić information content (AvgIpc) is 3.14. The third kappa shape index (κ3) is 4.68. The number of methoxy groups -OCH3 is 1. The molecular formula is C20H21N3O3S. The van der Waals surface area contributed by atoms with Crippen LogP contribution in [0.1, 0.15) is 17.3 Å². The molecule has 3 rings (SSSR count). The van der Waals surface area contributed by atoms with Crippen molar-refractivity contribution in [2.75, 3.05) is 19.5 Å². The van der Waals surface area contributed by atoms with Crippen LogP contribution in [0.3, 0.4) is 0 Å². The molecule has 3 aromatic rings. The molecule has 0 saturated heterocycles. The van der Waals surface area contributed by atoms with Gasteiger partial charge in [-0.2, -0.15) is 0 Å². The highest BCUT2D eigenvalue weighted by atomic mass is 32.2. The van der Waals surface area contributed by atoms with Crippen molar-refractivity contribution in [3.05, 3.63) is 60.2 Å². The zero-order valence-electron chi connectivity index (χ0n) is 15.3. The van der Waals surface area contributed by atoms with Gasteiger partial charge in [0.05, 0.1) is 12.7 Å². The van der Waals surface area contributed by atoms with E-state index in [1.165, 1.54) is 11.8 Å². The van der Waals surface area contributed by atoms with Crippen molar-refractivity contribution in [1.82, 2.24) is 14.8 Å². The quantitative estimate of drug-likeness (QED) is 0.334. The summed E-state index contributed by atoms with van der Waals surface area (Å²) < 4.78 is 12.6. The Hall–Kier alpha value is -2.80. The van der Waals surface area contributed by atoms with Gasteiger partial charge in [0.1, 0.15) is 12.4 Å². The Morgan fingerprint density at radius 2 is 1.81 bits per heavy atom. The summed E-state index contributed by atoms with van der Waals surface area (Å²) in [5, 5.41) is 9.41. The van der Waals surface area contributed by atoms with E-state index in [1.54, 1.807) is 19.2 Å². The van der Waals surface area contributed by atoms with Crippen molar-refractivity contribution in [2.45, 2.75) is 18.6 Å². The molecule has 0 aliphatic carbocycles. The Labute approximate surface area is 162 Å². The van der Waals surface area contributed by atoms with Gasteiger partial charge in [-0.3, -0.25) is 0 Å². The Kier molecular flexibility index (Phi) is 6.49. The Morgan fingerprint density at radius 3 is 2.48 bits per heavy atom. The van der Waals surface area contributed by atoms with Crippen LogP contribution in [-0.4, -0.2) is 40.2 Å². The van der Waals surface area contributed by atoms with E-state index in [0.29, 0.717) is 17.9 Å². The van der Waals surface area contributed by atoms with E-state index in [2.05, 4.69) is 17.1 Å². The average molecular weight is 383 g/mol. The number of rotatable bonds is 8. The van der Waals surface area contributed by atoms with Gasteiger partial charge in [0.25, 0.3) is 0 Å². The molecule has 140 valence electrons. The van der Waals surface area contributed by atoms with E-state index < -0.39 is 0 Å². The first-order valence-electron chi connectivity index (χ1n) is 8.65. The molecule has 0 N–H and O–H groups in total. The van der Waals surface area contributed by atoms with Crippen LogP contribution in [-0.2, 0) is 11.3 Å². The number of hydrogen-bond acceptors (Lipinski definition) is 6. The summed E-state index contributed by atoms with van der Waals surface area (Å²) in [6.45, 7) is 3.11. The van der Waals surface area contributed by atoms with Gasteiger partial charge in [-0.25, -0.2) is 4.79 Å². The van der Waals surface area contributed by atoms with E-state index >= 15 is 0 Å². The first-order chi connectivity index (χ1) is 13.2. The van der Waals surface area contributed by atoms with Gasteiger partial charge in [-0.15, -0.1) is 10.2 Å². The maximum absolute atomic E-state index is 11.9. The van der Waals surface area contributed by atoms with Crippen molar-refractivity contribution in [2.24, 2.45) is 0 Å². The van der Waals surface area contributed by atoms with Crippen molar-refractivity contribution < 1.29 is 14.3 Å². The van der Waals surface area contributed by atoms with Crippen molar-refractivity contribution in [1.29, 1.82) is 0 Å². The summed E-state index contributed by atoms with van der Waals surface area (Å²) in [6, 6.07) is 16.7. The second-order valence-electron chi connectivity index (χ2n) is 5.63. The summed E-state index contributed by atoms with van der Waals surface area (Å²) >= 11 is 1.52. The predicted octanol–water partition coefficient (Wildman–Crippen LogP) is 3.92. The Balaban J connectivity index is 1.59. The van der Waals surface area contributed by atoms with E-state index in [4.69, 9.17) is 9.47 Å². The first kappa shape index (κ1) is 19.0. The molecule has 2 aromatic carbocycles. The van der Waals surface area contributed by atoms with Gasteiger partial charge >= 0.3 is 5.97 Å². The van der Waals surface area contributed by atoms with Gasteiger partial charge in [0.2, 0.25) is 0 Å². The molecule has 1 aromatic heterocycles. The molecule has 27 heavy (non-hydrogen) atoms. The van der Waals surface area contributed by atoms with Crippen LogP contribution in [0.15, 0.2) is 59.8 Å². The highest BCUT2D eigenvalue weighted by Gasteiger charge is 2.13. The topological polar surface area (TPSA) is 66.2 Å². The second-order valence-corrected chi connectivity index (χ2v) is 6.69. The number of thioether (sulfide) groups is 1. The van der Waals surface area contributed by atoms with Crippen LogP contribution in [0.25, 0.3) is 11.4 Å². The molecule has 0 atom stereocenters. The van der Waals surface area contributed by atoms with Crippen LogP contribution >= 0.6 is 11.8 Å². The number of ether oxygens (including phenoxy) is 2. The standard InChI is InChI=1S/C20H21N3O3S/c1-3-23-18(15-9-11-17(25-2)12-10-15)21-22-20(23)27-14-13-26-19(24)16-7-5-4-6-8-16/h4-12H,3,13-14H2,1-2H3. The summed E-state index contributed by atoms with van der Waals surface area (Å²) in [5.41, 5.74) is 1.54. The van der Waals surface area contributed by atoms with Crippen molar-refractivity contribution in [3.63, 3.8) is 0 Å². The summed E-state index contributed by atoms with van der Waals surface area (Å²) in [4.78, 5) is 11.9. The molecule has 0 saturated carbocycles. The number of aromatic nitrogens is 3.